The van der Waals surface area contributed by atoms with Crippen molar-refractivity contribution in [2.45, 2.75) is 71.3 Å². The van der Waals surface area contributed by atoms with Crippen LogP contribution < -0.4 is 4.90 Å². The molecule has 1 saturated carbocycles. The number of hydrogen-bond acceptors (Lipinski definition) is 3. The topological polar surface area (TPSA) is 29.0 Å². The molecule has 112 valence electrons. The van der Waals surface area contributed by atoms with Gasteiger partial charge in [-0.05, 0) is 19.8 Å². The summed E-state index contributed by atoms with van der Waals surface area (Å²) in [6, 6.07) is 0.584. The van der Waals surface area contributed by atoms with E-state index < -0.39 is 0 Å². The lowest BCUT2D eigenvalue weighted by Gasteiger charge is -2.33. The van der Waals surface area contributed by atoms with Crippen molar-refractivity contribution in [1.82, 2.24) is 9.97 Å². The quantitative estimate of drug-likeness (QED) is 0.752. The molecule has 1 heterocycles. The summed E-state index contributed by atoms with van der Waals surface area (Å²) in [5.74, 6) is 1.83. The van der Waals surface area contributed by atoms with Gasteiger partial charge in [-0.15, -0.1) is 0 Å². The van der Waals surface area contributed by atoms with Gasteiger partial charge in [0.25, 0.3) is 0 Å². The maximum absolute atomic E-state index is 6.33. The molecule has 0 aromatic carbocycles. The summed E-state index contributed by atoms with van der Waals surface area (Å²) >= 11 is 6.33. The second-order valence-electron chi connectivity index (χ2n) is 6.94. The van der Waals surface area contributed by atoms with Gasteiger partial charge in [0.15, 0.2) is 0 Å². The SMILES string of the molecule is Cc1c(Cl)nc(C(C)(C)C)nc1N(C)C1CCCCC1. The molecule has 0 saturated heterocycles. The summed E-state index contributed by atoms with van der Waals surface area (Å²) in [7, 11) is 2.15. The summed E-state index contributed by atoms with van der Waals surface area (Å²) < 4.78 is 0. The predicted molar refractivity (Wildman–Crippen MR) is 85.8 cm³/mol. The maximum Gasteiger partial charge on any atom is 0.137 e. The predicted octanol–water partition coefficient (Wildman–Crippen LogP) is 4.50. The molecular formula is C16H26ClN3. The van der Waals surface area contributed by atoms with E-state index in [2.05, 4.69) is 37.7 Å². The fourth-order valence-electron chi connectivity index (χ4n) is 2.80. The lowest BCUT2D eigenvalue weighted by atomic mass is 9.94. The molecule has 20 heavy (non-hydrogen) atoms. The van der Waals surface area contributed by atoms with Gasteiger partial charge in [-0.1, -0.05) is 51.6 Å². The van der Waals surface area contributed by atoms with Gasteiger partial charge in [-0.2, -0.15) is 0 Å². The molecule has 4 heteroatoms. The molecule has 1 aliphatic carbocycles. The first-order chi connectivity index (χ1) is 9.30. The summed E-state index contributed by atoms with van der Waals surface area (Å²) in [5.41, 5.74) is 0.909. The van der Waals surface area contributed by atoms with Crippen LogP contribution in [-0.4, -0.2) is 23.1 Å². The Balaban J connectivity index is 2.36. The van der Waals surface area contributed by atoms with Gasteiger partial charge in [-0.3, -0.25) is 0 Å². The zero-order chi connectivity index (χ0) is 14.9. The highest BCUT2D eigenvalue weighted by atomic mass is 35.5. The normalized spacial score (nSPS) is 17.3. The molecule has 0 amide bonds. The van der Waals surface area contributed by atoms with Crippen LogP contribution in [0, 0.1) is 6.92 Å². The minimum atomic E-state index is -0.0838. The highest BCUT2D eigenvalue weighted by molar-refractivity contribution is 6.30. The van der Waals surface area contributed by atoms with Crippen molar-refractivity contribution in [2.24, 2.45) is 0 Å². The number of halogens is 1. The van der Waals surface area contributed by atoms with Crippen molar-refractivity contribution < 1.29 is 0 Å². The van der Waals surface area contributed by atoms with E-state index in [1.807, 2.05) is 6.92 Å². The van der Waals surface area contributed by atoms with Crippen LogP contribution in [-0.2, 0) is 5.41 Å². The lowest BCUT2D eigenvalue weighted by molar-refractivity contribution is 0.424. The van der Waals surface area contributed by atoms with Crippen LogP contribution in [0.4, 0.5) is 5.82 Å². The molecule has 0 unspecified atom stereocenters. The molecule has 1 aromatic rings. The Morgan fingerprint density at radius 1 is 1.10 bits per heavy atom. The molecule has 0 N–H and O–H groups in total. The van der Waals surface area contributed by atoms with Crippen molar-refractivity contribution >= 4 is 17.4 Å². The van der Waals surface area contributed by atoms with Gasteiger partial charge >= 0.3 is 0 Å². The molecule has 3 nitrogen and oxygen atoms in total. The van der Waals surface area contributed by atoms with E-state index in [1.54, 1.807) is 0 Å². The van der Waals surface area contributed by atoms with E-state index in [9.17, 15) is 0 Å². The molecule has 1 fully saturated rings. The van der Waals surface area contributed by atoms with Crippen LogP contribution >= 0.6 is 11.6 Å². The van der Waals surface area contributed by atoms with Crippen LogP contribution in [0.1, 0.15) is 64.3 Å². The van der Waals surface area contributed by atoms with Gasteiger partial charge in [-0.25, -0.2) is 9.97 Å². The fraction of sp³-hybridized carbons (Fsp3) is 0.750. The Labute approximate surface area is 127 Å². The van der Waals surface area contributed by atoms with Crippen LogP contribution in [0.2, 0.25) is 5.15 Å². The van der Waals surface area contributed by atoms with Gasteiger partial charge in [0.1, 0.15) is 16.8 Å². The van der Waals surface area contributed by atoms with Gasteiger partial charge < -0.3 is 4.90 Å². The largest absolute Gasteiger partial charge is 0.356 e. The van der Waals surface area contributed by atoms with Gasteiger partial charge in [0.2, 0.25) is 0 Å². The minimum Gasteiger partial charge on any atom is -0.356 e. The standard InChI is InChI=1S/C16H26ClN3/c1-11-13(17)18-15(16(2,3)4)19-14(11)20(5)12-9-7-6-8-10-12/h12H,6-10H2,1-5H3. The summed E-state index contributed by atoms with van der Waals surface area (Å²) in [6.07, 6.45) is 6.50. The number of anilines is 1. The van der Waals surface area contributed by atoms with Crippen molar-refractivity contribution in [3.63, 3.8) is 0 Å². The van der Waals surface area contributed by atoms with Gasteiger partial charge in [0, 0.05) is 24.1 Å². The van der Waals surface area contributed by atoms with E-state index in [0.29, 0.717) is 11.2 Å². The molecule has 0 bridgehead atoms. The highest BCUT2D eigenvalue weighted by Crippen LogP contribution is 2.31. The van der Waals surface area contributed by atoms with E-state index >= 15 is 0 Å². The molecule has 2 rings (SSSR count). The first-order valence-electron chi connectivity index (χ1n) is 7.58. The van der Waals surface area contributed by atoms with Crippen LogP contribution in [0.25, 0.3) is 0 Å². The average molecular weight is 296 g/mol. The van der Waals surface area contributed by atoms with E-state index in [0.717, 1.165) is 17.2 Å². The zero-order valence-corrected chi connectivity index (χ0v) is 14.1. The Morgan fingerprint density at radius 2 is 1.70 bits per heavy atom. The Hall–Kier alpha value is -0.830. The Morgan fingerprint density at radius 3 is 2.25 bits per heavy atom. The highest BCUT2D eigenvalue weighted by Gasteiger charge is 2.25. The Bertz CT molecular complexity index is 473. The zero-order valence-electron chi connectivity index (χ0n) is 13.3. The minimum absolute atomic E-state index is 0.0838. The van der Waals surface area contributed by atoms with Gasteiger partial charge in [0.05, 0.1) is 0 Å². The Kier molecular flexibility index (Phi) is 4.58. The number of hydrogen-bond donors (Lipinski definition) is 0. The molecule has 1 aromatic heterocycles. The average Bonchev–Trinajstić information content (AvgIpc) is 2.40. The first-order valence-corrected chi connectivity index (χ1v) is 7.96. The van der Waals surface area contributed by atoms with E-state index in [1.165, 1.54) is 32.1 Å². The second kappa shape index (κ2) is 5.88. The van der Waals surface area contributed by atoms with E-state index in [-0.39, 0.29) is 5.41 Å². The van der Waals surface area contributed by atoms with Crippen molar-refractivity contribution in [1.29, 1.82) is 0 Å². The fourth-order valence-corrected chi connectivity index (χ4v) is 2.96. The monoisotopic (exact) mass is 295 g/mol. The number of nitrogens with zero attached hydrogens (tertiary/aromatic N) is 3. The van der Waals surface area contributed by atoms with Crippen LogP contribution in [0.5, 0.6) is 0 Å². The molecular weight excluding hydrogens is 270 g/mol. The molecule has 0 radical (unpaired) electrons. The summed E-state index contributed by atoms with van der Waals surface area (Å²) in [5, 5.41) is 0.586. The molecule has 0 spiro atoms. The first kappa shape index (κ1) is 15.6. The maximum atomic E-state index is 6.33. The van der Waals surface area contributed by atoms with Crippen molar-refractivity contribution in [2.75, 3.05) is 11.9 Å². The van der Waals surface area contributed by atoms with Crippen LogP contribution in [0.15, 0.2) is 0 Å². The van der Waals surface area contributed by atoms with E-state index in [4.69, 9.17) is 16.6 Å². The molecule has 0 atom stereocenters. The third-order valence-corrected chi connectivity index (χ3v) is 4.56. The number of aromatic nitrogens is 2. The number of rotatable bonds is 2. The summed E-state index contributed by atoms with van der Waals surface area (Å²) in [4.78, 5) is 11.6. The second-order valence-corrected chi connectivity index (χ2v) is 7.30. The third kappa shape index (κ3) is 3.25. The van der Waals surface area contributed by atoms with Crippen LogP contribution in [0.3, 0.4) is 0 Å². The molecule has 1 aliphatic rings. The molecule has 0 aliphatic heterocycles. The van der Waals surface area contributed by atoms with Crippen molar-refractivity contribution in [3.05, 3.63) is 16.5 Å². The summed E-state index contributed by atoms with van der Waals surface area (Å²) in [6.45, 7) is 8.39. The lowest BCUT2D eigenvalue weighted by Crippen LogP contribution is -2.35. The smallest absolute Gasteiger partial charge is 0.137 e. The third-order valence-electron chi connectivity index (χ3n) is 4.19. The van der Waals surface area contributed by atoms with Crippen molar-refractivity contribution in [3.8, 4) is 0 Å².